The summed E-state index contributed by atoms with van der Waals surface area (Å²) in [6, 6.07) is 15.4. The van der Waals surface area contributed by atoms with Crippen molar-refractivity contribution in [1.82, 2.24) is 9.97 Å². The number of hydrogen-bond donors (Lipinski definition) is 0. The van der Waals surface area contributed by atoms with E-state index in [0.29, 0.717) is 27.6 Å². The molecule has 0 atom stereocenters. The number of ether oxygens (including phenoxy) is 1. The minimum atomic E-state index is -0.305. The smallest absolute Gasteiger partial charge is 0.223 e. The third kappa shape index (κ3) is 5.19. The number of aromatic nitrogens is 2. The van der Waals surface area contributed by atoms with Crippen LogP contribution in [0.2, 0.25) is 5.02 Å². The molecule has 0 aliphatic heterocycles. The Bertz CT molecular complexity index is 887. The van der Waals surface area contributed by atoms with Gasteiger partial charge in [0.15, 0.2) is 5.16 Å². The highest BCUT2D eigenvalue weighted by atomic mass is 35.5. The molecule has 0 unspecified atom stereocenters. The van der Waals surface area contributed by atoms with Gasteiger partial charge in [0, 0.05) is 16.8 Å². The Hall–Kier alpha value is -2.11. The van der Waals surface area contributed by atoms with Crippen LogP contribution in [0, 0.1) is 5.82 Å². The summed E-state index contributed by atoms with van der Waals surface area (Å²) in [5, 5.41) is 1.34. The summed E-state index contributed by atoms with van der Waals surface area (Å²) >= 11 is 7.55. The van der Waals surface area contributed by atoms with E-state index in [4.69, 9.17) is 16.3 Å². The molecular formula is C20H18ClFN2OS. The molecule has 0 saturated heterocycles. The van der Waals surface area contributed by atoms with Gasteiger partial charge in [-0.2, -0.15) is 4.98 Å². The third-order valence-corrected chi connectivity index (χ3v) is 4.74. The molecule has 3 rings (SSSR count). The zero-order valence-corrected chi connectivity index (χ0v) is 16.0. The molecule has 3 aromatic rings. The zero-order valence-electron chi connectivity index (χ0n) is 14.4. The second-order valence-electron chi connectivity index (χ2n) is 6.04. The lowest BCUT2D eigenvalue weighted by atomic mass is 10.1. The molecule has 0 N–H and O–H groups in total. The molecule has 6 heteroatoms. The molecule has 2 aromatic carbocycles. The maximum Gasteiger partial charge on any atom is 0.223 e. The highest BCUT2D eigenvalue weighted by molar-refractivity contribution is 7.98. The van der Waals surface area contributed by atoms with Gasteiger partial charge in [0.2, 0.25) is 5.88 Å². The maximum atomic E-state index is 13.1. The standard InChI is InChI=1S/C20H18ClFN2OS/c1-13(2)18-11-19(25-17-8-6-16(22)7-9-17)24-20(23-18)26-12-14-4-3-5-15(21)10-14/h3-11,13H,12H2,1-2H3. The van der Waals surface area contributed by atoms with Crippen LogP contribution in [-0.4, -0.2) is 9.97 Å². The summed E-state index contributed by atoms with van der Waals surface area (Å²) < 4.78 is 18.8. The van der Waals surface area contributed by atoms with Crippen molar-refractivity contribution in [3.63, 3.8) is 0 Å². The first-order chi connectivity index (χ1) is 12.5. The van der Waals surface area contributed by atoms with Gasteiger partial charge in [0.1, 0.15) is 11.6 Å². The van der Waals surface area contributed by atoms with Crippen molar-refractivity contribution in [3.05, 3.63) is 76.7 Å². The first-order valence-electron chi connectivity index (χ1n) is 8.19. The highest BCUT2D eigenvalue weighted by Gasteiger charge is 2.11. The average Bonchev–Trinajstić information content (AvgIpc) is 2.62. The highest BCUT2D eigenvalue weighted by Crippen LogP contribution is 2.28. The lowest BCUT2D eigenvalue weighted by molar-refractivity contribution is 0.451. The van der Waals surface area contributed by atoms with Crippen LogP contribution in [0.15, 0.2) is 59.8 Å². The summed E-state index contributed by atoms with van der Waals surface area (Å²) in [5.74, 6) is 1.62. The van der Waals surface area contributed by atoms with Crippen molar-refractivity contribution < 1.29 is 9.13 Å². The van der Waals surface area contributed by atoms with Crippen LogP contribution in [0.3, 0.4) is 0 Å². The van der Waals surface area contributed by atoms with Gasteiger partial charge in [-0.25, -0.2) is 9.37 Å². The first-order valence-corrected chi connectivity index (χ1v) is 9.55. The molecule has 3 nitrogen and oxygen atoms in total. The number of halogens is 2. The molecule has 0 amide bonds. The fourth-order valence-electron chi connectivity index (χ4n) is 2.23. The van der Waals surface area contributed by atoms with Crippen LogP contribution >= 0.6 is 23.4 Å². The summed E-state index contributed by atoms with van der Waals surface area (Å²) in [6.07, 6.45) is 0. The van der Waals surface area contributed by atoms with Crippen molar-refractivity contribution in [2.45, 2.75) is 30.7 Å². The van der Waals surface area contributed by atoms with Gasteiger partial charge in [-0.3, -0.25) is 0 Å². The third-order valence-electron chi connectivity index (χ3n) is 3.59. The van der Waals surface area contributed by atoms with Crippen LogP contribution < -0.4 is 4.74 Å². The second-order valence-corrected chi connectivity index (χ2v) is 7.42. The molecule has 0 spiro atoms. The minimum Gasteiger partial charge on any atom is -0.439 e. The Labute approximate surface area is 161 Å². The summed E-state index contributed by atoms with van der Waals surface area (Å²) in [4.78, 5) is 9.08. The Balaban J connectivity index is 1.80. The van der Waals surface area contributed by atoms with E-state index in [0.717, 1.165) is 11.3 Å². The van der Waals surface area contributed by atoms with Gasteiger partial charge >= 0.3 is 0 Å². The van der Waals surface area contributed by atoms with Gasteiger partial charge in [-0.15, -0.1) is 0 Å². The van der Waals surface area contributed by atoms with Crippen molar-refractivity contribution in [2.24, 2.45) is 0 Å². The van der Waals surface area contributed by atoms with E-state index in [2.05, 4.69) is 23.8 Å². The van der Waals surface area contributed by atoms with Crippen LogP contribution in [0.4, 0.5) is 4.39 Å². The molecule has 1 heterocycles. The zero-order chi connectivity index (χ0) is 18.5. The number of thioether (sulfide) groups is 1. The molecule has 134 valence electrons. The van der Waals surface area contributed by atoms with Crippen LogP contribution in [0.5, 0.6) is 11.6 Å². The number of rotatable bonds is 6. The first kappa shape index (κ1) is 18.7. The molecule has 1 aromatic heterocycles. The number of hydrogen-bond acceptors (Lipinski definition) is 4. The van der Waals surface area contributed by atoms with E-state index in [9.17, 15) is 4.39 Å². The van der Waals surface area contributed by atoms with Crippen molar-refractivity contribution in [1.29, 1.82) is 0 Å². The van der Waals surface area contributed by atoms with Gasteiger partial charge in [-0.05, 0) is 47.9 Å². The van der Waals surface area contributed by atoms with Crippen molar-refractivity contribution >= 4 is 23.4 Å². The molecule has 0 fully saturated rings. The Morgan fingerprint density at radius 2 is 1.85 bits per heavy atom. The van der Waals surface area contributed by atoms with Crippen LogP contribution in [-0.2, 0) is 5.75 Å². The number of benzene rings is 2. The molecular weight excluding hydrogens is 371 g/mol. The fraction of sp³-hybridized carbons (Fsp3) is 0.200. The quantitative estimate of drug-likeness (QED) is 0.357. The lowest BCUT2D eigenvalue weighted by Crippen LogP contribution is -2.00. The summed E-state index contributed by atoms with van der Waals surface area (Å²) in [6.45, 7) is 4.13. The van der Waals surface area contributed by atoms with E-state index in [1.807, 2.05) is 30.3 Å². The van der Waals surface area contributed by atoms with E-state index < -0.39 is 0 Å². The largest absolute Gasteiger partial charge is 0.439 e. The molecule has 0 radical (unpaired) electrons. The van der Waals surface area contributed by atoms with Gasteiger partial charge in [0.05, 0.1) is 5.69 Å². The van der Waals surface area contributed by atoms with Gasteiger partial charge < -0.3 is 4.74 Å². The molecule has 0 saturated carbocycles. The normalized spacial score (nSPS) is 11.0. The SMILES string of the molecule is CC(C)c1cc(Oc2ccc(F)cc2)nc(SCc2cccc(Cl)c2)n1. The Morgan fingerprint density at radius 3 is 2.54 bits per heavy atom. The maximum absolute atomic E-state index is 13.1. The van der Waals surface area contributed by atoms with E-state index in [1.54, 1.807) is 12.1 Å². The minimum absolute atomic E-state index is 0.235. The average molecular weight is 389 g/mol. The van der Waals surface area contributed by atoms with Gasteiger partial charge in [-0.1, -0.05) is 49.3 Å². The summed E-state index contributed by atoms with van der Waals surface area (Å²) in [5.41, 5.74) is 1.99. The monoisotopic (exact) mass is 388 g/mol. The van der Waals surface area contributed by atoms with Gasteiger partial charge in [0.25, 0.3) is 0 Å². The predicted molar refractivity (Wildman–Crippen MR) is 104 cm³/mol. The molecule has 0 aliphatic carbocycles. The Kier molecular flexibility index (Phi) is 6.12. The van der Waals surface area contributed by atoms with E-state index >= 15 is 0 Å². The van der Waals surface area contributed by atoms with Crippen LogP contribution in [0.25, 0.3) is 0 Å². The lowest BCUT2D eigenvalue weighted by Gasteiger charge is -2.11. The summed E-state index contributed by atoms with van der Waals surface area (Å²) in [7, 11) is 0. The predicted octanol–water partition coefficient (Wildman–Crippen LogP) is 6.48. The Morgan fingerprint density at radius 1 is 1.08 bits per heavy atom. The van der Waals surface area contributed by atoms with Crippen molar-refractivity contribution in [2.75, 3.05) is 0 Å². The van der Waals surface area contributed by atoms with Crippen LogP contribution in [0.1, 0.15) is 31.0 Å². The molecule has 0 aliphatic rings. The second kappa shape index (κ2) is 8.52. The molecule has 26 heavy (non-hydrogen) atoms. The van der Waals surface area contributed by atoms with Crippen molar-refractivity contribution in [3.8, 4) is 11.6 Å². The van der Waals surface area contributed by atoms with E-state index in [1.165, 1.54) is 23.9 Å². The molecule has 0 bridgehead atoms. The number of nitrogens with zero attached hydrogens (tertiary/aromatic N) is 2. The fourth-order valence-corrected chi connectivity index (χ4v) is 3.24. The van der Waals surface area contributed by atoms with E-state index in [-0.39, 0.29) is 11.7 Å². The topological polar surface area (TPSA) is 35.0 Å².